The standard InChI is InChI=1S/C20H19N3O3/c1-21-20(24)15-9-13-12-4-2-3-5-14(12)22-19(13)18(23-15)11-6-7-16-17(8-11)26-10-25-16/h2-8,15,18,22-23H,9-10H2,1H3,(H,21,24)/t15-,18-/m1/s1. The fourth-order valence-electron chi connectivity index (χ4n) is 3.93. The van der Waals surface area contributed by atoms with Gasteiger partial charge in [0.25, 0.3) is 0 Å². The molecule has 6 nitrogen and oxygen atoms in total. The smallest absolute Gasteiger partial charge is 0.237 e. The minimum Gasteiger partial charge on any atom is -0.454 e. The average Bonchev–Trinajstić information content (AvgIpc) is 3.30. The number of ether oxygens (including phenoxy) is 2. The molecule has 0 saturated heterocycles. The molecule has 2 aliphatic rings. The van der Waals surface area contributed by atoms with E-state index in [-0.39, 0.29) is 24.8 Å². The van der Waals surface area contributed by atoms with Crippen LogP contribution in [0.5, 0.6) is 11.5 Å². The van der Waals surface area contributed by atoms with Gasteiger partial charge in [0.15, 0.2) is 11.5 Å². The quantitative estimate of drug-likeness (QED) is 0.663. The number of nitrogens with one attached hydrogen (secondary N) is 3. The van der Waals surface area contributed by atoms with E-state index < -0.39 is 0 Å². The van der Waals surface area contributed by atoms with E-state index in [4.69, 9.17) is 9.47 Å². The molecule has 3 N–H and O–H groups in total. The molecule has 3 heterocycles. The zero-order valence-electron chi connectivity index (χ0n) is 14.3. The molecule has 2 aromatic carbocycles. The van der Waals surface area contributed by atoms with Crippen molar-refractivity contribution in [3.05, 3.63) is 59.3 Å². The first kappa shape index (κ1) is 15.3. The third kappa shape index (κ3) is 2.26. The minimum absolute atomic E-state index is 0.00771. The molecule has 26 heavy (non-hydrogen) atoms. The Kier molecular flexibility index (Phi) is 3.39. The normalized spacial score (nSPS) is 20.8. The van der Waals surface area contributed by atoms with E-state index in [1.165, 1.54) is 10.9 Å². The van der Waals surface area contributed by atoms with Crippen LogP contribution in [0.1, 0.15) is 22.9 Å². The monoisotopic (exact) mass is 349 g/mol. The lowest BCUT2D eigenvalue weighted by atomic mass is 9.90. The molecule has 0 unspecified atom stereocenters. The molecule has 0 bridgehead atoms. The van der Waals surface area contributed by atoms with E-state index in [0.29, 0.717) is 6.42 Å². The van der Waals surface area contributed by atoms with E-state index in [0.717, 1.165) is 28.3 Å². The lowest BCUT2D eigenvalue weighted by Crippen LogP contribution is -2.49. The summed E-state index contributed by atoms with van der Waals surface area (Å²) in [5.74, 6) is 1.49. The molecule has 1 aromatic heterocycles. The summed E-state index contributed by atoms with van der Waals surface area (Å²) in [6.45, 7) is 0.245. The second-order valence-electron chi connectivity index (χ2n) is 6.65. The predicted molar refractivity (Wildman–Crippen MR) is 97.4 cm³/mol. The Morgan fingerprint density at radius 2 is 2.00 bits per heavy atom. The third-order valence-corrected chi connectivity index (χ3v) is 5.20. The molecule has 2 aliphatic heterocycles. The summed E-state index contributed by atoms with van der Waals surface area (Å²) in [6, 6.07) is 13.7. The van der Waals surface area contributed by atoms with Gasteiger partial charge < -0.3 is 19.8 Å². The van der Waals surface area contributed by atoms with Crippen molar-refractivity contribution in [2.24, 2.45) is 0 Å². The van der Waals surface area contributed by atoms with Crippen molar-refractivity contribution in [1.29, 1.82) is 0 Å². The summed E-state index contributed by atoms with van der Waals surface area (Å²) in [5.41, 5.74) is 4.42. The van der Waals surface area contributed by atoms with Crippen LogP contribution < -0.4 is 20.1 Å². The van der Waals surface area contributed by atoms with Gasteiger partial charge in [-0.05, 0) is 35.7 Å². The lowest BCUT2D eigenvalue weighted by Gasteiger charge is -2.31. The highest BCUT2D eigenvalue weighted by atomic mass is 16.7. The molecule has 0 fully saturated rings. The molecule has 0 saturated carbocycles. The van der Waals surface area contributed by atoms with Crippen LogP contribution in [0.15, 0.2) is 42.5 Å². The van der Waals surface area contributed by atoms with Gasteiger partial charge in [-0.25, -0.2) is 0 Å². The maximum atomic E-state index is 12.4. The number of benzene rings is 2. The van der Waals surface area contributed by atoms with Crippen LogP contribution in [0.3, 0.4) is 0 Å². The summed E-state index contributed by atoms with van der Waals surface area (Å²) in [5, 5.41) is 7.42. The zero-order chi connectivity index (χ0) is 17.7. The number of H-pyrrole nitrogens is 1. The fraction of sp³-hybridized carbons (Fsp3) is 0.250. The van der Waals surface area contributed by atoms with Crippen LogP contribution in [-0.2, 0) is 11.2 Å². The fourth-order valence-corrected chi connectivity index (χ4v) is 3.93. The molecule has 0 radical (unpaired) electrons. The largest absolute Gasteiger partial charge is 0.454 e. The molecule has 2 atom stereocenters. The maximum absolute atomic E-state index is 12.4. The van der Waals surface area contributed by atoms with Crippen molar-refractivity contribution in [3.63, 3.8) is 0 Å². The van der Waals surface area contributed by atoms with Crippen LogP contribution in [0, 0.1) is 0 Å². The molecule has 6 heteroatoms. The van der Waals surface area contributed by atoms with Gasteiger partial charge in [-0.2, -0.15) is 0 Å². The number of fused-ring (bicyclic) bond motifs is 4. The number of carbonyl (C=O) groups excluding carboxylic acids is 1. The van der Waals surface area contributed by atoms with Gasteiger partial charge in [0.1, 0.15) is 0 Å². The van der Waals surface area contributed by atoms with E-state index in [2.05, 4.69) is 27.8 Å². The number of carbonyl (C=O) groups is 1. The first-order valence-corrected chi connectivity index (χ1v) is 8.71. The number of para-hydroxylation sites is 1. The molecular formula is C20H19N3O3. The summed E-state index contributed by atoms with van der Waals surface area (Å²) in [7, 11) is 1.67. The highest BCUT2D eigenvalue weighted by Crippen LogP contribution is 2.39. The zero-order valence-corrected chi connectivity index (χ0v) is 14.3. The van der Waals surface area contributed by atoms with Crippen LogP contribution in [-0.4, -0.2) is 30.8 Å². The molecule has 132 valence electrons. The van der Waals surface area contributed by atoms with E-state index >= 15 is 0 Å². The van der Waals surface area contributed by atoms with Gasteiger partial charge in [0.2, 0.25) is 12.7 Å². The van der Waals surface area contributed by atoms with Gasteiger partial charge in [0.05, 0.1) is 12.1 Å². The maximum Gasteiger partial charge on any atom is 0.237 e. The first-order valence-electron chi connectivity index (χ1n) is 8.71. The second-order valence-corrected chi connectivity index (χ2v) is 6.65. The Morgan fingerprint density at radius 3 is 2.88 bits per heavy atom. The summed E-state index contributed by atoms with van der Waals surface area (Å²) in [6.07, 6.45) is 0.653. The molecule has 0 aliphatic carbocycles. The van der Waals surface area contributed by atoms with Crippen molar-refractivity contribution in [1.82, 2.24) is 15.6 Å². The Hall–Kier alpha value is -2.99. The lowest BCUT2D eigenvalue weighted by molar-refractivity contribution is -0.122. The number of rotatable bonds is 2. The van der Waals surface area contributed by atoms with Crippen molar-refractivity contribution >= 4 is 16.8 Å². The van der Waals surface area contributed by atoms with Gasteiger partial charge in [-0.15, -0.1) is 0 Å². The molecule has 5 rings (SSSR count). The van der Waals surface area contributed by atoms with Gasteiger partial charge in [-0.3, -0.25) is 10.1 Å². The Bertz CT molecular complexity index is 1010. The van der Waals surface area contributed by atoms with E-state index in [9.17, 15) is 4.79 Å². The summed E-state index contributed by atoms with van der Waals surface area (Å²) >= 11 is 0. The van der Waals surface area contributed by atoms with Crippen molar-refractivity contribution < 1.29 is 14.3 Å². The molecule has 1 amide bonds. The number of hydrogen-bond acceptors (Lipinski definition) is 4. The highest BCUT2D eigenvalue weighted by Gasteiger charge is 2.34. The van der Waals surface area contributed by atoms with Gasteiger partial charge >= 0.3 is 0 Å². The van der Waals surface area contributed by atoms with Crippen LogP contribution >= 0.6 is 0 Å². The summed E-state index contributed by atoms with van der Waals surface area (Å²) < 4.78 is 11.0. The number of aromatic nitrogens is 1. The number of hydrogen-bond donors (Lipinski definition) is 3. The van der Waals surface area contributed by atoms with E-state index in [1.807, 2.05) is 30.3 Å². The minimum atomic E-state index is -0.290. The third-order valence-electron chi connectivity index (χ3n) is 5.20. The Labute approximate surface area is 150 Å². The number of aromatic amines is 1. The highest BCUT2D eigenvalue weighted by molar-refractivity contribution is 5.88. The topological polar surface area (TPSA) is 75.4 Å². The average molecular weight is 349 g/mol. The van der Waals surface area contributed by atoms with Crippen molar-refractivity contribution in [2.75, 3.05) is 13.8 Å². The van der Waals surface area contributed by atoms with Crippen molar-refractivity contribution in [3.8, 4) is 11.5 Å². The van der Waals surface area contributed by atoms with Crippen LogP contribution in [0.25, 0.3) is 10.9 Å². The second kappa shape index (κ2) is 5.78. The van der Waals surface area contributed by atoms with Gasteiger partial charge in [-0.1, -0.05) is 24.3 Å². The Balaban J connectivity index is 1.65. The molecule has 3 aromatic rings. The number of likely N-dealkylation sites (N-methyl/N-ethyl adjacent to an activating group) is 1. The number of amides is 1. The van der Waals surface area contributed by atoms with Crippen LogP contribution in [0.2, 0.25) is 0 Å². The Morgan fingerprint density at radius 1 is 1.15 bits per heavy atom. The van der Waals surface area contributed by atoms with Crippen molar-refractivity contribution in [2.45, 2.75) is 18.5 Å². The SMILES string of the molecule is CNC(=O)[C@H]1Cc2c([nH]c3ccccc23)[C@@H](c2ccc3c(c2)OCO3)N1. The summed E-state index contributed by atoms with van der Waals surface area (Å²) in [4.78, 5) is 15.9. The van der Waals surface area contributed by atoms with Gasteiger partial charge in [0, 0.05) is 23.6 Å². The first-order chi connectivity index (χ1) is 12.7. The molecular weight excluding hydrogens is 330 g/mol. The molecule has 0 spiro atoms. The predicted octanol–water partition coefficient (Wildman–Crippen LogP) is 2.25. The van der Waals surface area contributed by atoms with Crippen LogP contribution in [0.4, 0.5) is 0 Å². The van der Waals surface area contributed by atoms with E-state index in [1.54, 1.807) is 7.05 Å².